The third-order valence-corrected chi connectivity index (χ3v) is 1.87. The van der Waals surface area contributed by atoms with Crippen LogP contribution in [0.15, 0.2) is 24.3 Å². The summed E-state index contributed by atoms with van der Waals surface area (Å²) >= 11 is 0. The number of benzene rings is 1. The molecule has 0 heterocycles. The van der Waals surface area contributed by atoms with E-state index in [1.165, 1.54) is 17.5 Å². The van der Waals surface area contributed by atoms with Gasteiger partial charge in [-0.15, -0.1) is 0 Å². The minimum Gasteiger partial charge on any atom is -0.271 e. The van der Waals surface area contributed by atoms with Crippen LogP contribution in [0.3, 0.4) is 0 Å². The maximum absolute atomic E-state index is 5.21. The van der Waals surface area contributed by atoms with Crippen molar-refractivity contribution in [2.24, 2.45) is 5.84 Å². The smallest absolute Gasteiger partial charge is 0.0348 e. The Balaban J connectivity index is 2.58. The predicted molar refractivity (Wildman–Crippen MR) is 51.5 cm³/mol. The summed E-state index contributed by atoms with van der Waals surface area (Å²) in [6.07, 6.45) is 2.37. The van der Waals surface area contributed by atoms with Crippen molar-refractivity contribution in [2.45, 2.75) is 26.3 Å². The Bertz CT molecular complexity index is 191. The molecule has 0 fully saturated rings. The fourth-order valence-electron chi connectivity index (χ4n) is 1.23. The Kier molecular flexibility index (Phi) is 3.77. The SMILES string of the molecule is CCCc1ccc(CNN)cc1. The third-order valence-electron chi connectivity index (χ3n) is 1.87. The van der Waals surface area contributed by atoms with E-state index in [9.17, 15) is 0 Å². The van der Waals surface area contributed by atoms with Gasteiger partial charge in [0.15, 0.2) is 0 Å². The Morgan fingerprint density at radius 2 is 1.75 bits per heavy atom. The minimum atomic E-state index is 0.742. The van der Waals surface area contributed by atoms with Crippen LogP contribution in [0.2, 0.25) is 0 Å². The maximum Gasteiger partial charge on any atom is 0.0348 e. The van der Waals surface area contributed by atoms with Gasteiger partial charge in [-0.25, -0.2) is 0 Å². The first kappa shape index (κ1) is 9.23. The van der Waals surface area contributed by atoms with E-state index < -0.39 is 0 Å². The highest BCUT2D eigenvalue weighted by atomic mass is 15.2. The van der Waals surface area contributed by atoms with Crippen molar-refractivity contribution in [3.05, 3.63) is 35.4 Å². The molecule has 0 aliphatic rings. The zero-order valence-corrected chi connectivity index (χ0v) is 7.51. The van der Waals surface area contributed by atoms with Gasteiger partial charge >= 0.3 is 0 Å². The van der Waals surface area contributed by atoms with Crippen molar-refractivity contribution in [3.8, 4) is 0 Å². The molecule has 0 radical (unpaired) electrons. The molecule has 0 saturated carbocycles. The summed E-state index contributed by atoms with van der Waals surface area (Å²) < 4.78 is 0. The summed E-state index contributed by atoms with van der Waals surface area (Å²) in [4.78, 5) is 0. The van der Waals surface area contributed by atoms with E-state index in [1.54, 1.807) is 0 Å². The molecule has 66 valence electrons. The van der Waals surface area contributed by atoms with Gasteiger partial charge in [-0.3, -0.25) is 11.3 Å². The second-order valence-corrected chi connectivity index (χ2v) is 2.95. The number of hydrogen-bond donors (Lipinski definition) is 2. The molecule has 0 aliphatic heterocycles. The van der Waals surface area contributed by atoms with E-state index in [2.05, 4.69) is 36.6 Å². The van der Waals surface area contributed by atoms with Crippen molar-refractivity contribution in [1.82, 2.24) is 5.43 Å². The molecule has 0 amide bonds. The molecular weight excluding hydrogens is 148 g/mol. The lowest BCUT2D eigenvalue weighted by Crippen LogP contribution is -2.20. The van der Waals surface area contributed by atoms with Crippen molar-refractivity contribution in [2.75, 3.05) is 0 Å². The van der Waals surface area contributed by atoms with E-state index in [-0.39, 0.29) is 0 Å². The van der Waals surface area contributed by atoms with Gasteiger partial charge < -0.3 is 0 Å². The van der Waals surface area contributed by atoms with E-state index in [1.807, 2.05) is 0 Å². The molecule has 1 aromatic rings. The van der Waals surface area contributed by atoms with E-state index in [4.69, 9.17) is 5.84 Å². The highest BCUT2D eigenvalue weighted by Gasteiger charge is 1.92. The van der Waals surface area contributed by atoms with Crippen LogP contribution in [-0.2, 0) is 13.0 Å². The normalized spacial score (nSPS) is 10.2. The van der Waals surface area contributed by atoms with Crippen LogP contribution in [0.5, 0.6) is 0 Å². The van der Waals surface area contributed by atoms with E-state index in [0.29, 0.717) is 0 Å². The Hall–Kier alpha value is -0.860. The van der Waals surface area contributed by atoms with Gasteiger partial charge in [-0.2, -0.15) is 0 Å². The fourth-order valence-corrected chi connectivity index (χ4v) is 1.23. The van der Waals surface area contributed by atoms with E-state index >= 15 is 0 Å². The molecule has 0 unspecified atom stereocenters. The minimum absolute atomic E-state index is 0.742. The van der Waals surface area contributed by atoms with Crippen LogP contribution in [0, 0.1) is 0 Å². The first-order valence-electron chi connectivity index (χ1n) is 4.38. The van der Waals surface area contributed by atoms with Gasteiger partial charge in [0.1, 0.15) is 0 Å². The monoisotopic (exact) mass is 164 g/mol. The average Bonchev–Trinajstić information content (AvgIpc) is 2.09. The molecular formula is C10H16N2. The number of hydrazine groups is 1. The molecule has 0 bridgehead atoms. The molecule has 12 heavy (non-hydrogen) atoms. The van der Waals surface area contributed by atoms with Crippen molar-refractivity contribution >= 4 is 0 Å². The first-order valence-corrected chi connectivity index (χ1v) is 4.38. The molecule has 2 heteroatoms. The van der Waals surface area contributed by atoms with Gasteiger partial charge in [0.05, 0.1) is 0 Å². The summed E-state index contributed by atoms with van der Waals surface area (Å²) in [5, 5.41) is 0. The van der Waals surface area contributed by atoms with Crippen LogP contribution in [0.1, 0.15) is 24.5 Å². The summed E-state index contributed by atoms with van der Waals surface area (Å²) in [5.74, 6) is 5.21. The first-order chi connectivity index (χ1) is 5.86. The van der Waals surface area contributed by atoms with Crippen molar-refractivity contribution < 1.29 is 0 Å². The van der Waals surface area contributed by atoms with Gasteiger partial charge in [0.2, 0.25) is 0 Å². The van der Waals surface area contributed by atoms with Gasteiger partial charge in [0, 0.05) is 6.54 Å². The zero-order chi connectivity index (χ0) is 8.81. The Morgan fingerprint density at radius 1 is 1.17 bits per heavy atom. The average molecular weight is 164 g/mol. The quantitative estimate of drug-likeness (QED) is 0.524. The number of hydrogen-bond acceptors (Lipinski definition) is 2. The second-order valence-electron chi connectivity index (χ2n) is 2.95. The Morgan fingerprint density at radius 3 is 2.25 bits per heavy atom. The van der Waals surface area contributed by atoms with Gasteiger partial charge in [-0.05, 0) is 17.5 Å². The number of nitrogens with two attached hydrogens (primary N) is 1. The molecule has 1 aromatic carbocycles. The van der Waals surface area contributed by atoms with Crippen molar-refractivity contribution in [1.29, 1.82) is 0 Å². The fraction of sp³-hybridized carbons (Fsp3) is 0.400. The summed E-state index contributed by atoms with van der Waals surface area (Å²) in [7, 11) is 0. The van der Waals surface area contributed by atoms with E-state index in [0.717, 1.165) is 13.0 Å². The summed E-state index contributed by atoms with van der Waals surface area (Å²) in [6, 6.07) is 8.56. The number of aryl methyl sites for hydroxylation is 1. The van der Waals surface area contributed by atoms with Crippen LogP contribution < -0.4 is 11.3 Å². The maximum atomic E-state index is 5.21. The molecule has 0 aromatic heterocycles. The standard InChI is InChI=1S/C10H16N2/c1-2-3-9-4-6-10(7-5-9)8-12-11/h4-7,12H,2-3,8,11H2,1H3. The molecule has 1 rings (SSSR count). The number of rotatable bonds is 4. The summed E-state index contributed by atoms with van der Waals surface area (Å²) in [5.41, 5.74) is 5.27. The predicted octanol–water partition coefficient (Wildman–Crippen LogP) is 1.60. The molecule has 0 aliphatic carbocycles. The number of nitrogens with one attached hydrogen (secondary N) is 1. The lowest BCUT2D eigenvalue weighted by atomic mass is 10.1. The summed E-state index contributed by atoms with van der Waals surface area (Å²) in [6.45, 7) is 2.93. The van der Waals surface area contributed by atoms with Gasteiger partial charge in [-0.1, -0.05) is 37.6 Å². The third kappa shape index (κ3) is 2.64. The van der Waals surface area contributed by atoms with Gasteiger partial charge in [0.25, 0.3) is 0 Å². The topological polar surface area (TPSA) is 38.0 Å². The highest BCUT2D eigenvalue weighted by Crippen LogP contribution is 2.05. The molecule has 0 saturated heterocycles. The second kappa shape index (κ2) is 4.91. The molecule has 0 spiro atoms. The lowest BCUT2D eigenvalue weighted by molar-refractivity contribution is 0.741. The highest BCUT2D eigenvalue weighted by molar-refractivity contribution is 5.22. The van der Waals surface area contributed by atoms with Crippen LogP contribution in [0.4, 0.5) is 0 Å². The van der Waals surface area contributed by atoms with Crippen LogP contribution in [-0.4, -0.2) is 0 Å². The van der Waals surface area contributed by atoms with Crippen LogP contribution in [0.25, 0.3) is 0 Å². The molecule has 3 N–H and O–H groups in total. The Labute approximate surface area is 73.8 Å². The molecule has 2 nitrogen and oxygen atoms in total. The molecule has 0 atom stereocenters. The largest absolute Gasteiger partial charge is 0.271 e. The lowest BCUT2D eigenvalue weighted by Gasteiger charge is -2.01. The zero-order valence-electron chi connectivity index (χ0n) is 7.51. The van der Waals surface area contributed by atoms with Crippen LogP contribution >= 0.6 is 0 Å². The van der Waals surface area contributed by atoms with Crippen molar-refractivity contribution in [3.63, 3.8) is 0 Å².